The molecule has 2 aliphatic rings. The summed E-state index contributed by atoms with van der Waals surface area (Å²) >= 11 is 7.78. The molecule has 140 valence electrons. The second-order valence-electron chi connectivity index (χ2n) is 7.54. The molecule has 1 N–H and O–H groups in total. The Bertz CT molecular complexity index is 1070. The minimum absolute atomic E-state index is 0.0567. The van der Waals surface area contributed by atoms with E-state index in [1.165, 1.54) is 15.3 Å². The molecule has 27 heavy (non-hydrogen) atoms. The van der Waals surface area contributed by atoms with Crippen molar-refractivity contribution in [1.29, 1.82) is 0 Å². The Morgan fingerprint density at radius 2 is 1.93 bits per heavy atom. The van der Waals surface area contributed by atoms with Gasteiger partial charge in [-0.25, -0.2) is 9.55 Å². The van der Waals surface area contributed by atoms with E-state index in [1.54, 1.807) is 15.9 Å². The van der Waals surface area contributed by atoms with Gasteiger partial charge in [0.1, 0.15) is 11.4 Å². The van der Waals surface area contributed by atoms with Crippen molar-refractivity contribution in [1.82, 2.24) is 9.55 Å². The fourth-order valence-corrected chi connectivity index (χ4v) is 5.65. The molecule has 1 saturated heterocycles. The first-order valence-corrected chi connectivity index (χ1v) is 10.7. The normalized spacial score (nSPS) is 19.6. The summed E-state index contributed by atoms with van der Waals surface area (Å²) in [7, 11) is 2.21. The van der Waals surface area contributed by atoms with E-state index in [9.17, 15) is 4.79 Å². The van der Waals surface area contributed by atoms with Crippen LogP contribution in [0.15, 0.2) is 29.1 Å². The van der Waals surface area contributed by atoms with Gasteiger partial charge in [-0.2, -0.15) is 0 Å². The SMILES string of the molecule is C[NH+]1CCc2c(sc3nc(N4CCCC4)n(-c4ccc(Cl)cc4)c(=O)c23)C1. The molecule has 4 heterocycles. The van der Waals surface area contributed by atoms with Crippen molar-refractivity contribution >= 4 is 39.1 Å². The number of thiophene rings is 1. The van der Waals surface area contributed by atoms with Gasteiger partial charge < -0.3 is 9.80 Å². The van der Waals surface area contributed by atoms with E-state index in [-0.39, 0.29) is 5.56 Å². The highest BCUT2D eigenvalue weighted by Crippen LogP contribution is 2.32. The molecule has 0 amide bonds. The van der Waals surface area contributed by atoms with Crippen LogP contribution in [0.1, 0.15) is 23.3 Å². The Kier molecular flexibility index (Phi) is 4.22. The summed E-state index contributed by atoms with van der Waals surface area (Å²) in [6.45, 7) is 3.94. The number of likely N-dealkylation sites (N-methyl/N-ethyl adjacent to an activating group) is 1. The van der Waals surface area contributed by atoms with Crippen molar-refractivity contribution in [3.8, 4) is 5.69 Å². The molecule has 0 saturated carbocycles. The van der Waals surface area contributed by atoms with Gasteiger partial charge in [0.15, 0.2) is 0 Å². The van der Waals surface area contributed by atoms with Crippen molar-refractivity contribution < 1.29 is 4.90 Å². The van der Waals surface area contributed by atoms with Gasteiger partial charge in [-0.3, -0.25) is 4.79 Å². The number of halogens is 1. The van der Waals surface area contributed by atoms with Gasteiger partial charge >= 0.3 is 0 Å². The predicted molar refractivity (Wildman–Crippen MR) is 111 cm³/mol. The van der Waals surface area contributed by atoms with E-state index < -0.39 is 0 Å². The first-order valence-electron chi connectivity index (χ1n) is 9.51. The van der Waals surface area contributed by atoms with Crippen LogP contribution < -0.4 is 15.4 Å². The number of hydrogen-bond acceptors (Lipinski definition) is 4. The number of nitrogens with one attached hydrogen (secondary N) is 1. The van der Waals surface area contributed by atoms with Crippen LogP contribution in [0.4, 0.5) is 5.95 Å². The molecule has 0 spiro atoms. The zero-order valence-electron chi connectivity index (χ0n) is 15.3. The third-order valence-electron chi connectivity index (χ3n) is 5.63. The summed E-state index contributed by atoms with van der Waals surface area (Å²) in [4.78, 5) is 24.6. The molecule has 1 aromatic carbocycles. The van der Waals surface area contributed by atoms with E-state index in [0.717, 1.165) is 67.3 Å². The van der Waals surface area contributed by atoms with Crippen molar-refractivity contribution in [2.24, 2.45) is 0 Å². The summed E-state index contributed by atoms with van der Waals surface area (Å²) in [6, 6.07) is 7.49. The third kappa shape index (κ3) is 2.87. The lowest BCUT2D eigenvalue weighted by molar-refractivity contribution is -0.895. The number of nitrogens with zero attached hydrogens (tertiary/aromatic N) is 3. The number of rotatable bonds is 2. The van der Waals surface area contributed by atoms with Crippen LogP contribution in [-0.2, 0) is 13.0 Å². The molecule has 5 rings (SSSR count). The average molecular weight is 402 g/mol. The summed E-state index contributed by atoms with van der Waals surface area (Å²) < 4.78 is 1.79. The first-order chi connectivity index (χ1) is 13.1. The topological polar surface area (TPSA) is 42.6 Å². The molecule has 2 aromatic heterocycles. The fraction of sp³-hybridized carbons (Fsp3) is 0.400. The van der Waals surface area contributed by atoms with Crippen LogP contribution in [-0.4, -0.2) is 36.2 Å². The van der Waals surface area contributed by atoms with Gasteiger partial charge in [-0.1, -0.05) is 11.6 Å². The average Bonchev–Trinajstić information content (AvgIpc) is 3.29. The van der Waals surface area contributed by atoms with Crippen LogP contribution >= 0.6 is 22.9 Å². The Hall–Kier alpha value is -1.89. The van der Waals surface area contributed by atoms with Gasteiger partial charge in [-0.15, -0.1) is 11.3 Å². The predicted octanol–water partition coefficient (Wildman–Crippen LogP) is 2.27. The Morgan fingerprint density at radius 1 is 1.19 bits per heavy atom. The largest absolute Gasteiger partial charge is 0.342 e. The minimum atomic E-state index is 0.0567. The number of benzene rings is 1. The summed E-state index contributed by atoms with van der Waals surface area (Å²) in [5, 5.41) is 1.49. The monoisotopic (exact) mass is 401 g/mol. The maximum Gasteiger partial charge on any atom is 0.268 e. The lowest BCUT2D eigenvalue weighted by atomic mass is 10.1. The highest BCUT2D eigenvalue weighted by Gasteiger charge is 2.28. The van der Waals surface area contributed by atoms with Crippen LogP contribution in [0.2, 0.25) is 5.02 Å². The summed E-state index contributed by atoms with van der Waals surface area (Å²) in [6.07, 6.45) is 3.23. The fourth-order valence-electron chi connectivity index (χ4n) is 4.20. The molecular weight excluding hydrogens is 380 g/mol. The Labute approximate surface area is 166 Å². The lowest BCUT2D eigenvalue weighted by Crippen LogP contribution is -3.08. The number of anilines is 1. The van der Waals surface area contributed by atoms with Crippen LogP contribution in [0.5, 0.6) is 0 Å². The van der Waals surface area contributed by atoms with Crippen molar-refractivity contribution in [2.75, 3.05) is 31.6 Å². The quantitative estimate of drug-likeness (QED) is 0.716. The summed E-state index contributed by atoms with van der Waals surface area (Å²) in [5.41, 5.74) is 2.11. The highest BCUT2D eigenvalue weighted by molar-refractivity contribution is 7.18. The molecule has 0 radical (unpaired) electrons. The lowest BCUT2D eigenvalue weighted by Gasteiger charge is -2.22. The smallest absolute Gasteiger partial charge is 0.268 e. The van der Waals surface area contributed by atoms with Gasteiger partial charge in [0.25, 0.3) is 5.56 Å². The second-order valence-corrected chi connectivity index (χ2v) is 9.06. The minimum Gasteiger partial charge on any atom is -0.342 e. The van der Waals surface area contributed by atoms with Crippen molar-refractivity contribution in [3.63, 3.8) is 0 Å². The zero-order chi connectivity index (χ0) is 18.5. The van der Waals surface area contributed by atoms with E-state index in [2.05, 4.69) is 11.9 Å². The molecule has 7 heteroatoms. The van der Waals surface area contributed by atoms with Gasteiger partial charge in [0.2, 0.25) is 5.95 Å². The molecule has 0 bridgehead atoms. The standard InChI is InChI=1S/C20H21ClN4OS/c1-23-11-8-15-16(12-23)27-18-17(15)19(26)25(14-6-4-13(21)5-7-14)20(22-18)24-9-2-3-10-24/h4-7H,2-3,8-12H2,1H3/p+1. The molecule has 0 aliphatic carbocycles. The molecule has 2 aliphatic heterocycles. The Morgan fingerprint density at radius 3 is 2.67 bits per heavy atom. The first kappa shape index (κ1) is 17.2. The maximum absolute atomic E-state index is 13.7. The maximum atomic E-state index is 13.7. The molecule has 1 atom stereocenters. The molecule has 3 aromatic rings. The van der Waals surface area contributed by atoms with Crippen LogP contribution in [0, 0.1) is 0 Å². The molecule has 5 nitrogen and oxygen atoms in total. The van der Waals surface area contributed by atoms with Gasteiger partial charge in [-0.05, 0) is 42.7 Å². The zero-order valence-corrected chi connectivity index (χ0v) is 16.9. The molecule has 1 unspecified atom stereocenters. The highest BCUT2D eigenvalue weighted by atomic mass is 35.5. The Balaban J connectivity index is 1.79. The number of quaternary nitrogens is 1. The van der Waals surface area contributed by atoms with E-state index in [4.69, 9.17) is 16.6 Å². The second kappa shape index (κ2) is 6.62. The number of fused-ring (bicyclic) bond motifs is 3. The van der Waals surface area contributed by atoms with Gasteiger partial charge in [0, 0.05) is 24.5 Å². The third-order valence-corrected chi connectivity index (χ3v) is 7.01. The molecular formula is C20H22ClN4OS+. The van der Waals surface area contributed by atoms with E-state index in [1.807, 2.05) is 24.3 Å². The molecule has 1 fully saturated rings. The number of hydrogen-bond donors (Lipinski definition) is 1. The van der Waals surface area contributed by atoms with E-state index in [0.29, 0.717) is 5.02 Å². The number of aromatic nitrogens is 2. The summed E-state index contributed by atoms with van der Waals surface area (Å²) in [5.74, 6) is 0.770. The van der Waals surface area contributed by atoms with Crippen molar-refractivity contribution in [2.45, 2.75) is 25.8 Å². The van der Waals surface area contributed by atoms with E-state index >= 15 is 0 Å². The van der Waals surface area contributed by atoms with Crippen LogP contribution in [0.3, 0.4) is 0 Å². The van der Waals surface area contributed by atoms with Crippen LogP contribution in [0.25, 0.3) is 15.9 Å². The van der Waals surface area contributed by atoms with Crippen molar-refractivity contribution in [3.05, 3.63) is 50.1 Å². The van der Waals surface area contributed by atoms with Gasteiger partial charge in [0.05, 0.1) is 29.5 Å².